The minimum Gasteiger partial charge on any atom is -0.394 e. The fraction of sp³-hybridized carbons (Fsp3) is 1.00. The molecule has 5 nitrogen and oxygen atoms in total. The van der Waals surface area contributed by atoms with Crippen LogP contribution in [0.5, 0.6) is 0 Å². The molecule has 1 aliphatic rings. The third-order valence-electron chi connectivity index (χ3n) is 2.84. The first-order valence-corrected chi connectivity index (χ1v) is 4.80. The van der Waals surface area contributed by atoms with Crippen molar-refractivity contribution in [3.05, 3.63) is 0 Å². The van der Waals surface area contributed by atoms with E-state index in [4.69, 9.17) is 14.6 Å². The van der Waals surface area contributed by atoms with Crippen LogP contribution in [0.3, 0.4) is 0 Å². The maximum absolute atomic E-state index is 9.91. The Balaban J connectivity index is 2.71. The molecule has 0 aliphatic carbocycles. The molecule has 0 aromatic carbocycles. The van der Waals surface area contributed by atoms with Gasteiger partial charge in [0.2, 0.25) is 0 Å². The highest BCUT2D eigenvalue weighted by molar-refractivity contribution is 4.90. The molecular weight excluding hydrogens is 186 g/mol. The molecule has 5 atom stereocenters. The van der Waals surface area contributed by atoms with Crippen molar-refractivity contribution in [2.24, 2.45) is 5.92 Å². The fourth-order valence-corrected chi connectivity index (χ4v) is 1.81. The van der Waals surface area contributed by atoms with Crippen LogP contribution in [0.15, 0.2) is 0 Å². The van der Waals surface area contributed by atoms with Crippen LogP contribution in [0.25, 0.3) is 0 Å². The van der Waals surface area contributed by atoms with Gasteiger partial charge in [0.15, 0.2) is 6.29 Å². The predicted molar refractivity (Wildman–Crippen MR) is 50.8 cm³/mol. The van der Waals surface area contributed by atoms with Gasteiger partial charge >= 0.3 is 0 Å². The Morgan fingerprint density at radius 1 is 1.50 bits per heavy atom. The molecule has 1 aliphatic heterocycles. The highest BCUT2D eigenvalue weighted by Gasteiger charge is 2.42. The normalized spacial score (nSPS) is 43.9. The van der Waals surface area contributed by atoms with E-state index in [9.17, 15) is 5.11 Å². The van der Waals surface area contributed by atoms with E-state index in [2.05, 4.69) is 5.32 Å². The van der Waals surface area contributed by atoms with Gasteiger partial charge in [0.1, 0.15) is 0 Å². The third-order valence-corrected chi connectivity index (χ3v) is 2.84. The molecule has 3 N–H and O–H groups in total. The molecule has 1 rings (SSSR count). The lowest BCUT2D eigenvalue weighted by atomic mass is 9.89. The second-order valence-electron chi connectivity index (χ2n) is 3.63. The Hall–Kier alpha value is -0.200. The van der Waals surface area contributed by atoms with Gasteiger partial charge in [0, 0.05) is 13.0 Å². The number of ether oxygens (including phenoxy) is 2. The minimum absolute atomic E-state index is 0.103. The van der Waals surface area contributed by atoms with Crippen LogP contribution >= 0.6 is 0 Å². The van der Waals surface area contributed by atoms with Gasteiger partial charge in [-0.15, -0.1) is 0 Å². The van der Waals surface area contributed by atoms with E-state index >= 15 is 0 Å². The number of aliphatic hydroxyl groups excluding tert-OH is 2. The van der Waals surface area contributed by atoms with Crippen molar-refractivity contribution in [2.75, 3.05) is 20.8 Å². The van der Waals surface area contributed by atoms with Gasteiger partial charge in [0.25, 0.3) is 0 Å². The monoisotopic (exact) mass is 205 g/mol. The van der Waals surface area contributed by atoms with Crippen LogP contribution in [0.4, 0.5) is 0 Å². The average molecular weight is 205 g/mol. The standard InChI is InChI=1S/C9H19NO4/c1-5-6(4-11)14-9(13-3)7(10-2)8(5)12/h5-12H,4H2,1-3H3/t5-,6?,7?,8?,9-/m1/s1. The first kappa shape index (κ1) is 11.9. The van der Waals surface area contributed by atoms with Crippen molar-refractivity contribution in [2.45, 2.75) is 31.5 Å². The van der Waals surface area contributed by atoms with Gasteiger partial charge in [-0.2, -0.15) is 0 Å². The van der Waals surface area contributed by atoms with Gasteiger partial charge in [-0.3, -0.25) is 0 Å². The molecule has 0 saturated carbocycles. The topological polar surface area (TPSA) is 71.0 Å². The van der Waals surface area contributed by atoms with E-state index in [0.29, 0.717) is 0 Å². The van der Waals surface area contributed by atoms with E-state index in [1.807, 2.05) is 6.92 Å². The van der Waals surface area contributed by atoms with Crippen molar-refractivity contribution < 1.29 is 19.7 Å². The zero-order chi connectivity index (χ0) is 10.7. The molecule has 0 spiro atoms. The lowest BCUT2D eigenvalue weighted by Crippen LogP contribution is -2.59. The molecule has 0 aromatic heterocycles. The van der Waals surface area contributed by atoms with Crippen LogP contribution in [-0.2, 0) is 9.47 Å². The number of hydrogen-bond acceptors (Lipinski definition) is 5. The Labute approximate surface area is 84.0 Å². The molecule has 3 unspecified atom stereocenters. The van der Waals surface area contributed by atoms with Gasteiger partial charge in [0.05, 0.1) is 24.9 Å². The van der Waals surface area contributed by atoms with E-state index in [1.54, 1.807) is 7.05 Å². The van der Waals surface area contributed by atoms with Crippen LogP contribution in [-0.4, -0.2) is 55.5 Å². The summed E-state index contributed by atoms with van der Waals surface area (Å²) in [5, 5.41) is 21.9. The summed E-state index contributed by atoms with van der Waals surface area (Å²) in [5.74, 6) is -0.108. The summed E-state index contributed by atoms with van der Waals surface area (Å²) in [4.78, 5) is 0. The minimum atomic E-state index is -0.573. The van der Waals surface area contributed by atoms with Crippen molar-refractivity contribution in [1.82, 2.24) is 5.32 Å². The second-order valence-corrected chi connectivity index (χ2v) is 3.63. The van der Waals surface area contributed by atoms with Gasteiger partial charge in [-0.25, -0.2) is 0 Å². The highest BCUT2D eigenvalue weighted by Crippen LogP contribution is 2.25. The predicted octanol–water partition coefficient (Wildman–Crippen LogP) is -1.06. The highest BCUT2D eigenvalue weighted by atomic mass is 16.7. The van der Waals surface area contributed by atoms with Crippen LogP contribution in [0.2, 0.25) is 0 Å². The second kappa shape index (κ2) is 5.04. The summed E-state index contributed by atoms with van der Waals surface area (Å²) in [5.41, 5.74) is 0. The van der Waals surface area contributed by atoms with Crippen LogP contribution in [0, 0.1) is 5.92 Å². The number of aliphatic hydroxyl groups is 2. The summed E-state index contributed by atoms with van der Waals surface area (Å²) >= 11 is 0. The van der Waals surface area contributed by atoms with Crippen LogP contribution < -0.4 is 5.32 Å². The van der Waals surface area contributed by atoms with E-state index in [0.717, 1.165) is 0 Å². The number of methoxy groups -OCH3 is 1. The van der Waals surface area contributed by atoms with Gasteiger partial charge in [-0.05, 0) is 7.05 Å². The summed E-state index contributed by atoms with van der Waals surface area (Å²) in [6, 6.07) is -0.252. The molecule has 14 heavy (non-hydrogen) atoms. The average Bonchev–Trinajstić information content (AvgIpc) is 2.21. The first-order valence-electron chi connectivity index (χ1n) is 4.80. The smallest absolute Gasteiger partial charge is 0.175 e. The number of likely N-dealkylation sites (N-methyl/N-ethyl adjacent to an activating group) is 1. The third kappa shape index (κ3) is 2.07. The molecule has 1 fully saturated rings. The summed E-state index contributed by atoms with van der Waals surface area (Å²) in [6.45, 7) is 1.75. The van der Waals surface area contributed by atoms with E-state index < -0.39 is 12.4 Å². The van der Waals surface area contributed by atoms with Crippen molar-refractivity contribution >= 4 is 0 Å². The Morgan fingerprint density at radius 3 is 2.57 bits per heavy atom. The van der Waals surface area contributed by atoms with Crippen molar-refractivity contribution in [1.29, 1.82) is 0 Å². The Bertz CT molecular complexity index is 176. The fourth-order valence-electron chi connectivity index (χ4n) is 1.81. The zero-order valence-electron chi connectivity index (χ0n) is 8.80. The summed E-state index contributed by atoms with van der Waals surface area (Å²) in [7, 11) is 3.27. The Kier molecular flexibility index (Phi) is 4.28. The molecule has 0 amide bonds. The molecular formula is C9H19NO4. The van der Waals surface area contributed by atoms with E-state index in [-0.39, 0.29) is 24.7 Å². The van der Waals surface area contributed by atoms with Crippen molar-refractivity contribution in [3.63, 3.8) is 0 Å². The van der Waals surface area contributed by atoms with E-state index in [1.165, 1.54) is 7.11 Å². The zero-order valence-corrected chi connectivity index (χ0v) is 8.80. The quantitative estimate of drug-likeness (QED) is 0.547. The number of rotatable bonds is 3. The van der Waals surface area contributed by atoms with Crippen molar-refractivity contribution in [3.8, 4) is 0 Å². The first-order chi connectivity index (χ1) is 6.65. The van der Waals surface area contributed by atoms with Crippen LogP contribution in [0.1, 0.15) is 6.92 Å². The molecule has 0 aromatic rings. The SMILES string of the molecule is CNC1C(O)[C@H](C)C(CO)O[C@H]1OC. The lowest BCUT2D eigenvalue weighted by molar-refractivity contribution is -0.245. The number of nitrogens with one attached hydrogen (secondary N) is 1. The number of hydrogen-bond donors (Lipinski definition) is 3. The molecule has 0 bridgehead atoms. The molecule has 0 radical (unpaired) electrons. The maximum Gasteiger partial charge on any atom is 0.175 e. The maximum atomic E-state index is 9.91. The molecule has 84 valence electrons. The summed E-state index contributed by atoms with van der Waals surface area (Å²) < 4.78 is 10.6. The van der Waals surface area contributed by atoms with Gasteiger partial charge in [-0.1, -0.05) is 6.92 Å². The Morgan fingerprint density at radius 2 is 2.14 bits per heavy atom. The molecule has 1 saturated heterocycles. The largest absolute Gasteiger partial charge is 0.394 e. The molecule has 5 heteroatoms. The molecule has 1 heterocycles. The summed E-state index contributed by atoms with van der Waals surface area (Å²) in [6.07, 6.45) is -1.45. The van der Waals surface area contributed by atoms with Gasteiger partial charge < -0.3 is 25.0 Å². The lowest BCUT2D eigenvalue weighted by Gasteiger charge is -2.42.